The summed E-state index contributed by atoms with van der Waals surface area (Å²) in [5.74, 6) is 0. The molecule has 1 aliphatic rings. The molecule has 0 atom stereocenters. The number of benzene rings is 6. The molecule has 0 fully saturated rings. The molecule has 1 aromatic heterocycles. The Hall–Kier alpha value is -6.16. The average molecular weight is 560 g/mol. The largest absolute Gasteiger partial charge is 0.309 e. The number of hydrogen-bond donors (Lipinski definition) is 0. The molecule has 7 aromatic rings. The predicted molar refractivity (Wildman–Crippen MR) is 179 cm³/mol. The van der Waals surface area contributed by atoms with E-state index < -0.39 is 0 Å². The molecule has 44 heavy (non-hydrogen) atoms. The van der Waals surface area contributed by atoms with E-state index in [4.69, 9.17) is 0 Å². The molecule has 204 valence electrons. The molecule has 0 spiro atoms. The van der Waals surface area contributed by atoms with Crippen molar-refractivity contribution in [1.82, 2.24) is 4.57 Å². The monoisotopic (exact) mass is 559 g/mol. The van der Waals surface area contributed by atoms with E-state index in [1.54, 1.807) is 0 Å². The van der Waals surface area contributed by atoms with Crippen molar-refractivity contribution in [2.75, 3.05) is 0 Å². The van der Waals surface area contributed by atoms with Crippen LogP contribution >= 0.6 is 0 Å². The molecule has 0 unspecified atom stereocenters. The maximum absolute atomic E-state index is 9.52. The molecular formula is C41H25N3. The van der Waals surface area contributed by atoms with Gasteiger partial charge in [0.15, 0.2) is 0 Å². The minimum absolute atomic E-state index is 0.646. The van der Waals surface area contributed by atoms with Crippen molar-refractivity contribution in [1.29, 1.82) is 10.5 Å². The minimum atomic E-state index is 0.646. The van der Waals surface area contributed by atoms with Crippen LogP contribution in [0.4, 0.5) is 0 Å². The van der Waals surface area contributed by atoms with E-state index in [1.807, 2.05) is 36.4 Å². The Balaban J connectivity index is 1.25. The molecule has 1 heterocycles. The van der Waals surface area contributed by atoms with Crippen LogP contribution in [0.15, 0.2) is 133 Å². The van der Waals surface area contributed by atoms with E-state index in [1.165, 1.54) is 49.7 Å². The smallest absolute Gasteiger partial charge is 0.0992 e. The lowest BCUT2D eigenvalue weighted by Crippen LogP contribution is -2.03. The molecular weight excluding hydrogens is 534 g/mol. The van der Waals surface area contributed by atoms with Gasteiger partial charge in [-0.05, 0) is 106 Å². The number of hydrogen-bond acceptors (Lipinski definition) is 2. The number of fused-ring (bicyclic) bond motifs is 6. The maximum Gasteiger partial charge on any atom is 0.0992 e. The molecule has 0 radical (unpaired) electrons. The van der Waals surface area contributed by atoms with Gasteiger partial charge in [0.2, 0.25) is 0 Å². The SMILES string of the molecule is N#Cc1cccc(/C=C2/Cc3ccc(-c4ccc5c(c4)c4ccccc4n5-c4cccc(C#N)c4)cc3-c3ccccc32)c1. The maximum atomic E-state index is 9.52. The van der Waals surface area contributed by atoms with Crippen LogP contribution < -0.4 is 0 Å². The summed E-state index contributed by atoms with van der Waals surface area (Å²) in [7, 11) is 0. The van der Waals surface area contributed by atoms with Crippen LogP contribution in [0.25, 0.3) is 61.4 Å². The van der Waals surface area contributed by atoms with Crippen molar-refractivity contribution in [2.45, 2.75) is 6.42 Å². The third kappa shape index (κ3) is 4.19. The van der Waals surface area contributed by atoms with E-state index in [-0.39, 0.29) is 0 Å². The Morgan fingerprint density at radius 1 is 0.545 bits per heavy atom. The molecule has 3 nitrogen and oxygen atoms in total. The number of allylic oxidation sites excluding steroid dienone is 1. The fourth-order valence-electron chi connectivity index (χ4n) is 6.63. The summed E-state index contributed by atoms with van der Waals surface area (Å²) in [4.78, 5) is 0. The molecule has 0 aliphatic heterocycles. The Labute approximate surface area is 255 Å². The third-order valence-electron chi connectivity index (χ3n) is 8.65. The molecule has 0 amide bonds. The van der Waals surface area contributed by atoms with Crippen LogP contribution in [0, 0.1) is 22.7 Å². The molecule has 0 saturated heterocycles. The lowest BCUT2D eigenvalue weighted by atomic mass is 9.80. The van der Waals surface area contributed by atoms with E-state index in [9.17, 15) is 10.5 Å². The van der Waals surface area contributed by atoms with Crippen LogP contribution in [0.2, 0.25) is 0 Å². The molecule has 8 rings (SSSR count). The number of para-hydroxylation sites is 1. The third-order valence-corrected chi connectivity index (χ3v) is 8.65. The van der Waals surface area contributed by atoms with Crippen LogP contribution in [0.1, 0.15) is 27.8 Å². The lowest BCUT2D eigenvalue weighted by Gasteiger charge is -2.23. The second-order valence-electron chi connectivity index (χ2n) is 11.2. The highest BCUT2D eigenvalue weighted by molar-refractivity contribution is 6.10. The van der Waals surface area contributed by atoms with Gasteiger partial charge in [-0.3, -0.25) is 0 Å². The topological polar surface area (TPSA) is 52.5 Å². The van der Waals surface area contributed by atoms with Crippen LogP contribution in [0.5, 0.6) is 0 Å². The van der Waals surface area contributed by atoms with Crippen molar-refractivity contribution < 1.29 is 0 Å². The van der Waals surface area contributed by atoms with E-state index in [0.29, 0.717) is 11.1 Å². The molecule has 0 saturated carbocycles. The molecule has 6 aromatic carbocycles. The summed E-state index contributed by atoms with van der Waals surface area (Å²) in [6.45, 7) is 0. The van der Waals surface area contributed by atoms with Crippen molar-refractivity contribution >= 4 is 33.5 Å². The zero-order chi connectivity index (χ0) is 29.6. The van der Waals surface area contributed by atoms with Gasteiger partial charge >= 0.3 is 0 Å². The van der Waals surface area contributed by atoms with Gasteiger partial charge in [-0.25, -0.2) is 0 Å². The first-order valence-corrected chi connectivity index (χ1v) is 14.7. The summed E-state index contributed by atoms with van der Waals surface area (Å²) in [5, 5.41) is 21.3. The first-order chi connectivity index (χ1) is 21.7. The number of nitriles is 2. The number of aromatic nitrogens is 1. The normalized spacial score (nSPS) is 12.9. The van der Waals surface area contributed by atoms with Crippen LogP contribution in [0.3, 0.4) is 0 Å². The highest BCUT2D eigenvalue weighted by atomic mass is 15.0. The quantitative estimate of drug-likeness (QED) is 0.216. The second-order valence-corrected chi connectivity index (χ2v) is 11.2. The van der Waals surface area contributed by atoms with E-state index in [2.05, 4.69) is 120 Å². The van der Waals surface area contributed by atoms with Crippen LogP contribution in [-0.2, 0) is 6.42 Å². The van der Waals surface area contributed by atoms with E-state index in [0.717, 1.165) is 28.7 Å². The first-order valence-electron chi connectivity index (χ1n) is 14.7. The van der Waals surface area contributed by atoms with Crippen molar-refractivity contribution in [2.24, 2.45) is 0 Å². The Morgan fingerprint density at radius 2 is 1.25 bits per heavy atom. The van der Waals surface area contributed by atoms with Gasteiger partial charge in [0, 0.05) is 16.5 Å². The molecule has 0 N–H and O–H groups in total. The Kier molecular flexibility index (Phi) is 5.97. The van der Waals surface area contributed by atoms with Gasteiger partial charge in [0.1, 0.15) is 0 Å². The van der Waals surface area contributed by atoms with Crippen molar-refractivity contribution in [3.63, 3.8) is 0 Å². The standard InChI is InChI=1S/C41H25N3/c42-25-28-8-5-7-27(19-28)20-33-22-32-16-15-30(23-38(32)36-12-2-1-11-35(33)36)31-17-18-41-39(24-31)37-13-3-4-14-40(37)44(41)34-10-6-9-29(21-34)26-43/h1-21,23-24H,22H2/b33-20-. The molecule has 3 heteroatoms. The fourth-order valence-corrected chi connectivity index (χ4v) is 6.63. The van der Waals surface area contributed by atoms with Crippen molar-refractivity contribution in [3.05, 3.63) is 161 Å². The Morgan fingerprint density at radius 3 is 2.11 bits per heavy atom. The zero-order valence-electron chi connectivity index (χ0n) is 23.8. The van der Waals surface area contributed by atoms with Gasteiger partial charge in [-0.1, -0.05) is 84.9 Å². The van der Waals surface area contributed by atoms with Crippen molar-refractivity contribution in [3.8, 4) is 40.1 Å². The van der Waals surface area contributed by atoms with Gasteiger partial charge in [0.25, 0.3) is 0 Å². The summed E-state index contributed by atoms with van der Waals surface area (Å²) in [6, 6.07) is 50.7. The highest BCUT2D eigenvalue weighted by Crippen LogP contribution is 2.42. The van der Waals surface area contributed by atoms with E-state index >= 15 is 0 Å². The van der Waals surface area contributed by atoms with Crippen LogP contribution in [-0.4, -0.2) is 4.57 Å². The average Bonchev–Trinajstić information content (AvgIpc) is 3.42. The lowest BCUT2D eigenvalue weighted by molar-refractivity contribution is 1.18. The summed E-state index contributed by atoms with van der Waals surface area (Å²) in [6.07, 6.45) is 3.05. The molecule has 1 aliphatic carbocycles. The molecule has 0 bridgehead atoms. The predicted octanol–water partition coefficient (Wildman–Crippen LogP) is 9.96. The van der Waals surface area contributed by atoms with Gasteiger partial charge in [-0.2, -0.15) is 10.5 Å². The summed E-state index contributed by atoms with van der Waals surface area (Å²) < 4.78 is 2.25. The number of nitrogens with zero attached hydrogens (tertiary/aromatic N) is 3. The number of rotatable bonds is 3. The summed E-state index contributed by atoms with van der Waals surface area (Å²) in [5.41, 5.74) is 14.2. The minimum Gasteiger partial charge on any atom is -0.309 e. The van der Waals surface area contributed by atoms with Gasteiger partial charge in [0.05, 0.1) is 34.3 Å². The second kappa shape index (κ2) is 10.3. The fraction of sp³-hybridized carbons (Fsp3) is 0.0244. The van der Waals surface area contributed by atoms with Gasteiger partial charge < -0.3 is 4.57 Å². The Bertz CT molecular complexity index is 2390. The highest BCUT2D eigenvalue weighted by Gasteiger charge is 2.21. The van der Waals surface area contributed by atoms with Gasteiger partial charge in [-0.15, -0.1) is 0 Å². The zero-order valence-corrected chi connectivity index (χ0v) is 23.8. The summed E-state index contributed by atoms with van der Waals surface area (Å²) >= 11 is 0. The first kappa shape index (κ1) is 25.5.